The van der Waals surface area contributed by atoms with Crippen molar-refractivity contribution in [3.8, 4) is 5.69 Å². The molecule has 0 spiro atoms. The van der Waals surface area contributed by atoms with Crippen molar-refractivity contribution in [3.63, 3.8) is 0 Å². The van der Waals surface area contributed by atoms with Gasteiger partial charge in [0, 0.05) is 17.6 Å². The number of benzene rings is 1. The van der Waals surface area contributed by atoms with Crippen molar-refractivity contribution in [2.45, 2.75) is 38.9 Å². The molecule has 3 rings (SSSR count). The quantitative estimate of drug-likeness (QED) is 0.650. The maximum absolute atomic E-state index is 11.9. The normalized spacial score (nSPS) is 19.3. The van der Waals surface area contributed by atoms with Crippen molar-refractivity contribution in [3.05, 3.63) is 40.4 Å². The molecule has 0 unspecified atom stereocenters. The minimum absolute atomic E-state index is 0.0322. The number of aromatic nitrogens is 3. The van der Waals surface area contributed by atoms with Gasteiger partial charge in [-0.15, -0.1) is 0 Å². The van der Waals surface area contributed by atoms with Gasteiger partial charge in [0.2, 0.25) is 4.77 Å². The number of rotatable bonds is 7. The van der Waals surface area contributed by atoms with Crippen LogP contribution in [0.5, 0.6) is 0 Å². The second-order valence-corrected chi connectivity index (χ2v) is 9.66. The molecule has 142 valence electrons. The Balaban J connectivity index is 1.82. The Hall–Kier alpha value is -1.22. The van der Waals surface area contributed by atoms with Crippen LogP contribution in [-0.4, -0.2) is 51.8 Å². The Morgan fingerprint density at radius 3 is 2.88 bits per heavy atom. The van der Waals surface area contributed by atoms with Gasteiger partial charge in [-0.1, -0.05) is 31.0 Å². The van der Waals surface area contributed by atoms with E-state index >= 15 is 0 Å². The standard InChI is InChI=1S/C17H23ClN4O2S2/c1-2-3-8-20(16-7-9-26(23,24)11-16)13-22-17(25)21(12-19-22)15-6-4-5-14(18)10-15/h4-6,10,12,16H,2-3,7-9,11,13H2,1H3/t16-/m1/s1. The third-order valence-corrected chi connectivity index (χ3v) is 7.05. The van der Waals surface area contributed by atoms with Gasteiger partial charge in [0.15, 0.2) is 9.84 Å². The Morgan fingerprint density at radius 2 is 2.23 bits per heavy atom. The molecule has 0 amide bonds. The lowest BCUT2D eigenvalue weighted by Gasteiger charge is -2.27. The third-order valence-electron chi connectivity index (χ3n) is 4.66. The van der Waals surface area contributed by atoms with Gasteiger partial charge in [0.1, 0.15) is 6.33 Å². The number of unbranched alkanes of at least 4 members (excludes halogenated alkanes) is 1. The molecule has 9 heteroatoms. The molecule has 0 saturated carbocycles. The molecule has 1 saturated heterocycles. The highest BCUT2D eigenvalue weighted by molar-refractivity contribution is 7.91. The Bertz CT molecular complexity index is 923. The molecule has 1 aromatic heterocycles. The molecular formula is C17H23ClN4O2S2. The van der Waals surface area contributed by atoms with E-state index in [1.807, 2.05) is 28.8 Å². The number of nitrogens with zero attached hydrogens (tertiary/aromatic N) is 4. The minimum Gasteiger partial charge on any atom is -0.280 e. The number of sulfone groups is 1. The van der Waals surface area contributed by atoms with Crippen molar-refractivity contribution in [2.75, 3.05) is 18.1 Å². The van der Waals surface area contributed by atoms with E-state index in [2.05, 4.69) is 16.9 Å². The maximum Gasteiger partial charge on any atom is 0.203 e. The van der Waals surface area contributed by atoms with Crippen LogP contribution in [0.3, 0.4) is 0 Å². The molecule has 2 aromatic rings. The third kappa shape index (κ3) is 4.54. The highest BCUT2D eigenvalue weighted by Gasteiger charge is 2.32. The molecule has 0 N–H and O–H groups in total. The van der Waals surface area contributed by atoms with E-state index in [-0.39, 0.29) is 17.5 Å². The fourth-order valence-corrected chi connectivity index (χ4v) is 5.41. The van der Waals surface area contributed by atoms with Crippen molar-refractivity contribution < 1.29 is 8.42 Å². The molecule has 2 heterocycles. The van der Waals surface area contributed by atoms with Crippen LogP contribution < -0.4 is 0 Å². The summed E-state index contributed by atoms with van der Waals surface area (Å²) in [5.74, 6) is 0.488. The van der Waals surface area contributed by atoms with Gasteiger partial charge >= 0.3 is 0 Å². The van der Waals surface area contributed by atoms with Crippen molar-refractivity contribution in [2.24, 2.45) is 0 Å². The summed E-state index contributed by atoms with van der Waals surface area (Å²) in [6.45, 7) is 3.46. The highest BCUT2D eigenvalue weighted by Crippen LogP contribution is 2.20. The fourth-order valence-electron chi connectivity index (χ4n) is 3.20. The Kier molecular flexibility index (Phi) is 6.17. The number of hydrogen-bond donors (Lipinski definition) is 0. The summed E-state index contributed by atoms with van der Waals surface area (Å²) in [7, 11) is -2.93. The SMILES string of the molecule is CCCCN(Cn1ncn(-c2cccc(Cl)c2)c1=S)[C@@H]1CCS(=O)(=O)C1. The summed E-state index contributed by atoms with van der Waals surface area (Å²) < 4.78 is 27.9. The average Bonchev–Trinajstić information content (AvgIpc) is 3.14. The zero-order valence-electron chi connectivity index (χ0n) is 14.7. The van der Waals surface area contributed by atoms with Crippen molar-refractivity contribution >= 4 is 33.7 Å². The van der Waals surface area contributed by atoms with Gasteiger partial charge in [-0.3, -0.25) is 9.47 Å². The van der Waals surface area contributed by atoms with E-state index in [0.717, 1.165) is 25.1 Å². The van der Waals surface area contributed by atoms with Gasteiger partial charge in [0.05, 0.1) is 23.9 Å². The zero-order valence-corrected chi connectivity index (χ0v) is 17.1. The number of hydrogen-bond acceptors (Lipinski definition) is 5. The molecule has 1 fully saturated rings. The second-order valence-electron chi connectivity index (χ2n) is 6.63. The Morgan fingerprint density at radius 1 is 1.42 bits per heavy atom. The van der Waals surface area contributed by atoms with E-state index in [1.54, 1.807) is 11.0 Å². The first kappa shape index (κ1) is 19.5. The first-order valence-corrected chi connectivity index (χ1v) is 11.4. The summed E-state index contributed by atoms with van der Waals surface area (Å²) in [4.78, 5) is 2.19. The monoisotopic (exact) mass is 414 g/mol. The molecule has 1 aliphatic rings. The maximum atomic E-state index is 11.9. The minimum atomic E-state index is -2.93. The van der Waals surface area contributed by atoms with Gasteiger partial charge in [-0.25, -0.2) is 13.1 Å². The molecule has 0 bridgehead atoms. The van der Waals surface area contributed by atoms with Crippen LogP contribution in [0.1, 0.15) is 26.2 Å². The smallest absolute Gasteiger partial charge is 0.203 e. The van der Waals surface area contributed by atoms with Crippen LogP contribution in [0.15, 0.2) is 30.6 Å². The van der Waals surface area contributed by atoms with Gasteiger partial charge in [0.25, 0.3) is 0 Å². The summed E-state index contributed by atoms with van der Waals surface area (Å²) in [6.07, 6.45) is 4.42. The van der Waals surface area contributed by atoms with E-state index in [9.17, 15) is 8.42 Å². The average molecular weight is 415 g/mol. The molecule has 1 atom stereocenters. The zero-order chi connectivity index (χ0) is 18.7. The summed E-state index contributed by atoms with van der Waals surface area (Å²) in [5.41, 5.74) is 0.859. The topological polar surface area (TPSA) is 60.1 Å². The van der Waals surface area contributed by atoms with Crippen LogP contribution in [0.25, 0.3) is 5.69 Å². The number of halogens is 1. The summed E-state index contributed by atoms with van der Waals surface area (Å²) >= 11 is 11.6. The molecule has 26 heavy (non-hydrogen) atoms. The van der Waals surface area contributed by atoms with Crippen LogP contribution in [0.2, 0.25) is 5.02 Å². The van der Waals surface area contributed by atoms with E-state index < -0.39 is 9.84 Å². The van der Waals surface area contributed by atoms with Crippen LogP contribution in [0.4, 0.5) is 0 Å². The predicted octanol–water partition coefficient (Wildman–Crippen LogP) is 3.30. The molecular weight excluding hydrogens is 392 g/mol. The highest BCUT2D eigenvalue weighted by atomic mass is 35.5. The summed E-state index contributed by atoms with van der Waals surface area (Å²) in [5, 5.41) is 5.06. The largest absolute Gasteiger partial charge is 0.280 e. The first-order valence-electron chi connectivity index (χ1n) is 8.74. The van der Waals surface area contributed by atoms with E-state index in [0.29, 0.717) is 22.9 Å². The fraction of sp³-hybridized carbons (Fsp3) is 0.529. The lowest BCUT2D eigenvalue weighted by atomic mass is 10.2. The van der Waals surface area contributed by atoms with Crippen LogP contribution in [-0.2, 0) is 16.5 Å². The lowest BCUT2D eigenvalue weighted by Crippen LogP contribution is -2.38. The lowest BCUT2D eigenvalue weighted by molar-refractivity contribution is 0.152. The van der Waals surface area contributed by atoms with Crippen molar-refractivity contribution in [1.29, 1.82) is 0 Å². The van der Waals surface area contributed by atoms with Crippen molar-refractivity contribution in [1.82, 2.24) is 19.2 Å². The molecule has 0 aliphatic carbocycles. The molecule has 6 nitrogen and oxygen atoms in total. The summed E-state index contributed by atoms with van der Waals surface area (Å²) in [6, 6.07) is 7.47. The van der Waals surface area contributed by atoms with Gasteiger partial charge in [-0.2, -0.15) is 5.10 Å². The Labute approximate surface area is 164 Å². The van der Waals surface area contributed by atoms with Gasteiger partial charge in [-0.05, 0) is 43.3 Å². The van der Waals surface area contributed by atoms with E-state index in [1.165, 1.54) is 0 Å². The van der Waals surface area contributed by atoms with Gasteiger partial charge < -0.3 is 0 Å². The second kappa shape index (κ2) is 8.21. The molecule has 1 aliphatic heterocycles. The first-order chi connectivity index (χ1) is 12.4. The van der Waals surface area contributed by atoms with Crippen LogP contribution >= 0.6 is 23.8 Å². The molecule has 0 radical (unpaired) electrons. The van der Waals surface area contributed by atoms with Crippen LogP contribution in [0, 0.1) is 4.77 Å². The van der Waals surface area contributed by atoms with E-state index in [4.69, 9.17) is 23.8 Å². The molecule has 1 aromatic carbocycles. The predicted molar refractivity (Wildman–Crippen MR) is 106 cm³/mol.